The van der Waals surface area contributed by atoms with Crippen LogP contribution in [0.1, 0.15) is 10.7 Å². The minimum absolute atomic E-state index is 0.389. The van der Waals surface area contributed by atoms with E-state index in [9.17, 15) is 0 Å². The van der Waals surface area contributed by atoms with Crippen molar-refractivity contribution >= 4 is 11.3 Å². The lowest BCUT2D eigenvalue weighted by atomic mass is 10.6. The van der Waals surface area contributed by atoms with Crippen LogP contribution in [0.15, 0.2) is 23.8 Å². The molecule has 0 saturated heterocycles. The molecular weight excluding hydrogens is 198 g/mol. The minimum atomic E-state index is 0.389. The predicted octanol–water partition coefficient (Wildman–Crippen LogP) is 1.82. The standard InChI is InChI=1S/C9H9N3OS/c1-7-6-14-8(12-7)5-13-9-10-3-2-4-11-9/h2-4,6H,5H2,1H3. The van der Waals surface area contributed by atoms with Crippen LogP contribution in [0.2, 0.25) is 0 Å². The van der Waals surface area contributed by atoms with Gasteiger partial charge >= 0.3 is 6.01 Å². The van der Waals surface area contributed by atoms with Crippen molar-refractivity contribution in [1.82, 2.24) is 15.0 Å². The lowest BCUT2D eigenvalue weighted by molar-refractivity contribution is 0.280. The van der Waals surface area contributed by atoms with Crippen LogP contribution < -0.4 is 4.74 Å². The average Bonchev–Trinajstić information content (AvgIpc) is 2.63. The Bertz CT molecular complexity index is 401. The molecule has 0 aromatic carbocycles. The summed E-state index contributed by atoms with van der Waals surface area (Å²) in [6, 6.07) is 2.14. The van der Waals surface area contributed by atoms with Gasteiger partial charge in [0.1, 0.15) is 11.6 Å². The molecule has 0 radical (unpaired) electrons. The summed E-state index contributed by atoms with van der Waals surface area (Å²) in [4.78, 5) is 12.2. The van der Waals surface area contributed by atoms with E-state index in [1.165, 1.54) is 0 Å². The third kappa shape index (κ3) is 2.26. The highest BCUT2D eigenvalue weighted by molar-refractivity contribution is 7.09. The monoisotopic (exact) mass is 207 g/mol. The normalized spacial score (nSPS) is 10.1. The van der Waals surface area contributed by atoms with Crippen molar-refractivity contribution < 1.29 is 4.74 Å². The number of hydrogen-bond acceptors (Lipinski definition) is 5. The van der Waals surface area contributed by atoms with Crippen molar-refractivity contribution in [3.8, 4) is 6.01 Å². The smallest absolute Gasteiger partial charge is 0.316 e. The van der Waals surface area contributed by atoms with Crippen molar-refractivity contribution in [1.29, 1.82) is 0 Å². The largest absolute Gasteiger partial charge is 0.456 e. The van der Waals surface area contributed by atoms with E-state index in [0.717, 1.165) is 10.7 Å². The third-order valence-corrected chi connectivity index (χ3v) is 2.47. The summed E-state index contributed by atoms with van der Waals surface area (Å²) in [6.07, 6.45) is 3.30. The Balaban J connectivity index is 1.95. The molecule has 4 nitrogen and oxygen atoms in total. The lowest BCUT2D eigenvalue weighted by Gasteiger charge is -1.99. The van der Waals surface area contributed by atoms with Crippen molar-refractivity contribution in [2.24, 2.45) is 0 Å². The maximum absolute atomic E-state index is 5.33. The topological polar surface area (TPSA) is 47.9 Å². The van der Waals surface area contributed by atoms with Crippen molar-refractivity contribution in [3.05, 3.63) is 34.5 Å². The first kappa shape index (κ1) is 9.08. The fourth-order valence-electron chi connectivity index (χ4n) is 0.955. The molecule has 0 spiro atoms. The van der Waals surface area contributed by atoms with Crippen LogP contribution >= 0.6 is 11.3 Å². The second-order valence-corrected chi connectivity index (χ2v) is 3.65. The molecule has 0 aliphatic heterocycles. The maximum atomic E-state index is 5.33. The van der Waals surface area contributed by atoms with E-state index in [0.29, 0.717) is 12.6 Å². The number of ether oxygens (including phenoxy) is 1. The van der Waals surface area contributed by atoms with Crippen LogP contribution in [-0.4, -0.2) is 15.0 Å². The van der Waals surface area contributed by atoms with Gasteiger partial charge in [0, 0.05) is 23.5 Å². The van der Waals surface area contributed by atoms with Gasteiger partial charge in [0.25, 0.3) is 0 Å². The van der Waals surface area contributed by atoms with Gasteiger partial charge < -0.3 is 4.74 Å². The summed E-state index contributed by atoms with van der Waals surface area (Å²) in [6.45, 7) is 2.39. The molecule has 0 N–H and O–H groups in total. The van der Waals surface area contributed by atoms with Gasteiger partial charge in [-0.2, -0.15) is 0 Å². The Morgan fingerprint density at radius 3 is 2.79 bits per heavy atom. The van der Waals surface area contributed by atoms with E-state index in [4.69, 9.17) is 4.74 Å². The van der Waals surface area contributed by atoms with E-state index in [1.54, 1.807) is 29.8 Å². The van der Waals surface area contributed by atoms with Crippen molar-refractivity contribution in [2.75, 3.05) is 0 Å². The van der Waals surface area contributed by atoms with Gasteiger partial charge in [-0.3, -0.25) is 0 Å². The third-order valence-electron chi connectivity index (χ3n) is 1.53. The Morgan fingerprint density at radius 1 is 1.36 bits per heavy atom. The number of aryl methyl sites for hydroxylation is 1. The minimum Gasteiger partial charge on any atom is -0.456 e. The number of rotatable bonds is 3. The zero-order valence-corrected chi connectivity index (χ0v) is 8.49. The molecular formula is C9H9N3OS. The SMILES string of the molecule is Cc1csc(COc2ncccn2)n1. The molecule has 72 valence electrons. The summed E-state index contributed by atoms with van der Waals surface area (Å²) >= 11 is 1.58. The lowest BCUT2D eigenvalue weighted by Crippen LogP contribution is -1.98. The summed E-state index contributed by atoms with van der Waals surface area (Å²) < 4.78 is 5.33. The van der Waals surface area contributed by atoms with Gasteiger partial charge in [-0.05, 0) is 13.0 Å². The van der Waals surface area contributed by atoms with Gasteiger partial charge in [-0.15, -0.1) is 11.3 Å². The zero-order chi connectivity index (χ0) is 9.80. The molecule has 0 aliphatic carbocycles. The Labute approximate surface area is 85.6 Å². The molecule has 5 heteroatoms. The Hall–Kier alpha value is -1.49. The van der Waals surface area contributed by atoms with E-state index in [1.807, 2.05) is 12.3 Å². The van der Waals surface area contributed by atoms with Crippen LogP contribution in [0, 0.1) is 6.92 Å². The second kappa shape index (κ2) is 4.15. The molecule has 2 rings (SSSR count). The van der Waals surface area contributed by atoms with Crippen molar-refractivity contribution in [3.63, 3.8) is 0 Å². The highest BCUT2D eigenvalue weighted by atomic mass is 32.1. The second-order valence-electron chi connectivity index (χ2n) is 2.70. The number of nitrogens with zero attached hydrogens (tertiary/aromatic N) is 3. The van der Waals surface area contributed by atoms with Crippen LogP contribution in [0.25, 0.3) is 0 Å². The average molecular weight is 207 g/mol. The number of thiazole rings is 1. The summed E-state index contributed by atoms with van der Waals surface area (Å²) in [5.41, 5.74) is 1.02. The highest BCUT2D eigenvalue weighted by Gasteiger charge is 2.00. The first-order chi connectivity index (χ1) is 6.84. The molecule has 0 unspecified atom stereocenters. The molecule has 0 amide bonds. The molecule has 0 bridgehead atoms. The Kier molecular flexibility index (Phi) is 2.69. The highest BCUT2D eigenvalue weighted by Crippen LogP contribution is 2.10. The molecule has 14 heavy (non-hydrogen) atoms. The summed E-state index contributed by atoms with van der Waals surface area (Å²) in [7, 11) is 0. The summed E-state index contributed by atoms with van der Waals surface area (Å²) in [5, 5.41) is 2.93. The first-order valence-electron chi connectivity index (χ1n) is 4.15. The van der Waals surface area contributed by atoms with E-state index >= 15 is 0 Å². The Morgan fingerprint density at radius 2 is 2.14 bits per heavy atom. The molecule has 0 fully saturated rings. The molecule has 2 aromatic heterocycles. The van der Waals surface area contributed by atoms with Crippen LogP contribution in [-0.2, 0) is 6.61 Å². The molecule has 0 saturated carbocycles. The maximum Gasteiger partial charge on any atom is 0.316 e. The van der Waals surface area contributed by atoms with Gasteiger partial charge in [-0.25, -0.2) is 15.0 Å². The molecule has 2 heterocycles. The molecule has 0 aliphatic rings. The van der Waals surface area contributed by atoms with E-state index in [2.05, 4.69) is 15.0 Å². The van der Waals surface area contributed by atoms with E-state index in [-0.39, 0.29) is 0 Å². The van der Waals surface area contributed by atoms with Crippen LogP contribution in [0.5, 0.6) is 6.01 Å². The number of hydrogen-bond donors (Lipinski definition) is 0. The van der Waals surface area contributed by atoms with E-state index < -0.39 is 0 Å². The zero-order valence-electron chi connectivity index (χ0n) is 7.67. The van der Waals surface area contributed by atoms with Crippen LogP contribution in [0.3, 0.4) is 0 Å². The summed E-state index contributed by atoms with van der Waals surface area (Å²) in [5.74, 6) is 0. The quantitative estimate of drug-likeness (QED) is 0.770. The first-order valence-corrected chi connectivity index (χ1v) is 5.03. The van der Waals surface area contributed by atoms with Gasteiger partial charge in [0.15, 0.2) is 0 Å². The van der Waals surface area contributed by atoms with Crippen molar-refractivity contribution in [2.45, 2.75) is 13.5 Å². The molecule has 0 atom stereocenters. The van der Waals surface area contributed by atoms with Crippen LogP contribution in [0.4, 0.5) is 0 Å². The fraction of sp³-hybridized carbons (Fsp3) is 0.222. The van der Waals surface area contributed by atoms with Gasteiger partial charge in [-0.1, -0.05) is 0 Å². The van der Waals surface area contributed by atoms with Gasteiger partial charge in [0.05, 0.1) is 0 Å². The predicted molar refractivity (Wildman–Crippen MR) is 53.2 cm³/mol. The number of aromatic nitrogens is 3. The van der Waals surface area contributed by atoms with Gasteiger partial charge in [0.2, 0.25) is 0 Å². The fourth-order valence-corrected chi connectivity index (χ4v) is 1.64. The molecule has 2 aromatic rings.